The topological polar surface area (TPSA) is 184 Å². The van der Waals surface area contributed by atoms with Crippen molar-refractivity contribution in [2.24, 2.45) is 0 Å². The summed E-state index contributed by atoms with van der Waals surface area (Å²) in [4.78, 5) is 37.8. The molecule has 0 saturated heterocycles. The average molecular weight is 818 g/mol. The zero-order valence-corrected chi connectivity index (χ0v) is 37.7. The number of hydrogen-bond donors (Lipinski definition) is 3. The van der Waals surface area contributed by atoms with Gasteiger partial charge in [-0.15, -0.1) is 0 Å². The number of alkyl halides is 1. The van der Waals surface area contributed by atoms with E-state index in [1.165, 1.54) is 0 Å². The van der Waals surface area contributed by atoms with Gasteiger partial charge >= 0.3 is 115 Å². The van der Waals surface area contributed by atoms with E-state index in [4.69, 9.17) is 36.1 Å². The van der Waals surface area contributed by atoms with Crippen LogP contribution in [-0.4, -0.2) is 47.0 Å². The molecule has 0 heterocycles. The molecule has 4 aromatic carbocycles. The van der Waals surface area contributed by atoms with E-state index in [-0.39, 0.29) is 123 Å². The van der Waals surface area contributed by atoms with Gasteiger partial charge in [0.2, 0.25) is 0 Å². The van der Waals surface area contributed by atoms with Crippen LogP contribution in [0.15, 0.2) is 72.8 Å². The fourth-order valence-corrected chi connectivity index (χ4v) is 3.84. The van der Waals surface area contributed by atoms with E-state index in [0.29, 0.717) is 28.0 Å². The SMILES string of the molecule is CC(C)(C)OC(=O)Nc1ccc(O)c2ccccc12.CC(C)(C)OC(=O)Nc1ccc(OCC#N)c2ccccc12.O=CO[O-].[C-]#[N+]CBr.[H-].[K+].[K+]. The zero-order chi connectivity index (χ0) is 37.0. The van der Waals surface area contributed by atoms with Crippen LogP contribution in [-0.2, 0) is 19.2 Å². The van der Waals surface area contributed by atoms with E-state index in [9.17, 15) is 14.7 Å². The number of ether oxygens (including phenoxy) is 3. The summed E-state index contributed by atoms with van der Waals surface area (Å²) in [6.07, 6.45) is -1.02. The van der Waals surface area contributed by atoms with Crippen LogP contribution in [0.3, 0.4) is 0 Å². The predicted octanol–water partition coefficient (Wildman–Crippen LogP) is 1.79. The van der Waals surface area contributed by atoms with Gasteiger partial charge < -0.3 is 35.7 Å². The fourth-order valence-electron chi connectivity index (χ4n) is 3.84. The normalized spacial score (nSPS) is 9.69. The number of nitriles is 1. The number of nitrogens with one attached hydrogen (secondary N) is 2. The molecule has 0 aliphatic carbocycles. The average Bonchev–Trinajstić information content (AvgIpc) is 3.04. The summed E-state index contributed by atoms with van der Waals surface area (Å²) in [5, 5.41) is 35.4. The molecule has 0 unspecified atom stereocenters. The van der Waals surface area contributed by atoms with E-state index < -0.39 is 23.4 Å². The number of anilines is 2. The smallest absolute Gasteiger partial charge is 1.00 e. The van der Waals surface area contributed by atoms with Gasteiger partial charge in [0, 0.05) is 37.5 Å². The van der Waals surface area contributed by atoms with Gasteiger partial charge in [0.1, 0.15) is 28.8 Å². The molecule has 4 aromatic rings. The maximum Gasteiger partial charge on any atom is 1.00 e. The van der Waals surface area contributed by atoms with Gasteiger partial charge in [-0.05, 0) is 65.8 Å². The Hall–Kier alpha value is -2.30. The van der Waals surface area contributed by atoms with Crippen molar-refractivity contribution in [2.45, 2.75) is 52.7 Å². The first-order valence-corrected chi connectivity index (χ1v) is 15.6. The summed E-state index contributed by atoms with van der Waals surface area (Å²) >= 11 is 2.89. The number of phenolic OH excluding ortho intramolecular Hbond substituents is 1. The minimum Gasteiger partial charge on any atom is -1.00 e. The van der Waals surface area contributed by atoms with Crippen LogP contribution < -0.4 is 123 Å². The quantitative estimate of drug-likeness (QED) is 0.0393. The number of halogens is 1. The van der Waals surface area contributed by atoms with Crippen LogP contribution in [0.1, 0.15) is 43.0 Å². The van der Waals surface area contributed by atoms with Gasteiger partial charge in [0.05, 0.1) is 11.4 Å². The molecule has 16 heteroatoms. The number of benzene rings is 4. The summed E-state index contributed by atoms with van der Waals surface area (Å²) in [6, 6.07) is 23.4. The van der Waals surface area contributed by atoms with Crippen LogP contribution in [0.25, 0.3) is 26.4 Å². The fraction of sp³-hybridized carbons (Fsp3) is 0.286. The number of aromatic hydroxyl groups is 1. The van der Waals surface area contributed by atoms with Crippen LogP contribution >= 0.6 is 15.9 Å². The van der Waals surface area contributed by atoms with E-state index in [1.54, 1.807) is 30.3 Å². The Kier molecular flexibility index (Phi) is 26.4. The van der Waals surface area contributed by atoms with Gasteiger partial charge in [0.25, 0.3) is 11.9 Å². The van der Waals surface area contributed by atoms with Gasteiger partial charge in [-0.2, -0.15) is 5.26 Å². The second-order valence-corrected chi connectivity index (χ2v) is 12.0. The molecular formula is C35H39BrK2N4O9. The molecule has 0 atom stereocenters. The van der Waals surface area contributed by atoms with E-state index in [1.807, 2.05) is 90.1 Å². The largest absolute Gasteiger partial charge is 1.00 e. The molecule has 0 aliphatic rings. The number of amides is 2. The first-order valence-electron chi connectivity index (χ1n) is 14.4. The summed E-state index contributed by atoms with van der Waals surface area (Å²) in [5.74, 6) is 0.789. The Balaban J connectivity index is -0.000000734. The van der Waals surface area contributed by atoms with E-state index in [2.05, 4.69) is 36.3 Å². The number of fused-ring (bicyclic) bond motifs is 2. The van der Waals surface area contributed by atoms with Gasteiger partial charge in [-0.25, -0.2) is 16.2 Å². The number of phenols is 1. The van der Waals surface area contributed by atoms with Crippen LogP contribution in [0.4, 0.5) is 21.0 Å². The molecule has 0 bridgehead atoms. The Labute approximate surface area is 392 Å². The summed E-state index contributed by atoms with van der Waals surface area (Å²) in [7, 11) is 0. The van der Waals surface area contributed by atoms with Crippen molar-refractivity contribution in [3.05, 3.63) is 84.2 Å². The standard InChI is InChI=1S/C17H18N2O3.C15H17NO3.C2H2BrN.CH2O3.2K.H/c1-17(2,3)22-16(20)19-14-8-9-15(21-11-10-18)13-7-5-4-6-12(13)14;1-15(2,3)19-14(18)16-12-8-9-13(17)11-7-5-4-6-10(11)12;1-4-2-3;2-1-4-3;;;/h4-9H,11H2,1-3H3,(H,19,20);4-9,17H,1-3H3,(H,16,18);2H2;1,3H;;;/q;;;;2*+1;-1/p-1. The third kappa shape index (κ3) is 20.5. The first-order chi connectivity index (χ1) is 23.1. The second-order valence-electron chi connectivity index (χ2n) is 11.5. The number of carbonyl (C=O) groups is 3. The molecule has 13 nitrogen and oxygen atoms in total. The molecule has 0 radical (unpaired) electrons. The maximum absolute atomic E-state index is 11.9. The third-order valence-electron chi connectivity index (χ3n) is 5.45. The van der Waals surface area contributed by atoms with E-state index in [0.717, 1.165) is 16.2 Å². The molecule has 262 valence electrons. The number of rotatable bonds is 5. The Morgan fingerprint density at radius 2 is 1.25 bits per heavy atom. The minimum absolute atomic E-state index is 0. The molecule has 0 fully saturated rings. The Bertz CT molecular complexity index is 1790. The van der Waals surface area contributed by atoms with Crippen LogP contribution in [0.5, 0.6) is 11.5 Å². The summed E-state index contributed by atoms with van der Waals surface area (Å²) in [5.41, 5.74) is 0.566. The molecule has 0 aromatic heterocycles. The van der Waals surface area contributed by atoms with Crippen molar-refractivity contribution in [1.29, 1.82) is 5.26 Å². The molecule has 0 saturated carbocycles. The van der Waals surface area contributed by atoms with Crippen molar-refractivity contribution >= 4 is 67.5 Å². The summed E-state index contributed by atoms with van der Waals surface area (Å²) in [6.45, 7) is 16.7. The number of nitrogens with zero attached hydrogens (tertiary/aromatic N) is 2. The zero-order valence-electron chi connectivity index (χ0n) is 30.9. The molecule has 0 spiro atoms. The van der Waals surface area contributed by atoms with Crippen molar-refractivity contribution in [1.82, 2.24) is 0 Å². The van der Waals surface area contributed by atoms with Crippen molar-refractivity contribution in [3.63, 3.8) is 0 Å². The second kappa shape index (κ2) is 26.5. The molecule has 51 heavy (non-hydrogen) atoms. The Morgan fingerprint density at radius 3 is 1.65 bits per heavy atom. The number of hydrogen-bond acceptors (Lipinski definition) is 10. The van der Waals surface area contributed by atoms with Crippen molar-refractivity contribution < 1.29 is 148 Å². The predicted molar refractivity (Wildman–Crippen MR) is 189 cm³/mol. The molecule has 3 N–H and O–H groups in total. The van der Waals surface area contributed by atoms with Crippen molar-refractivity contribution in [2.75, 3.05) is 22.7 Å². The van der Waals surface area contributed by atoms with E-state index >= 15 is 0 Å². The summed E-state index contributed by atoms with van der Waals surface area (Å²) < 4.78 is 15.9. The van der Waals surface area contributed by atoms with Gasteiger partial charge in [-0.1, -0.05) is 48.5 Å². The monoisotopic (exact) mass is 816 g/mol. The first kappa shape index (κ1) is 50.8. The Morgan fingerprint density at radius 1 is 0.863 bits per heavy atom. The van der Waals surface area contributed by atoms with Gasteiger partial charge in [-0.3, -0.25) is 15.4 Å². The maximum atomic E-state index is 11.9. The minimum atomic E-state index is -0.560. The molecule has 4 rings (SSSR count). The van der Waals surface area contributed by atoms with Crippen molar-refractivity contribution in [3.8, 4) is 17.6 Å². The van der Waals surface area contributed by atoms with Crippen LogP contribution in [0, 0.1) is 17.9 Å². The third-order valence-corrected chi connectivity index (χ3v) is 5.70. The molecule has 2 amide bonds. The molecule has 0 aliphatic heterocycles. The molecular weight excluding hydrogens is 779 g/mol. The van der Waals surface area contributed by atoms with Gasteiger partial charge in [0.15, 0.2) is 6.61 Å². The van der Waals surface area contributed by atoms with Crippen LogP contribution in [0.2, 0.25) is 0 Å². The number of carbonyl (C=O) groups excluding carboxylic acids is 3.